The van der Waals surface area contributed by atoms with E-state index in [2.05, 4.69) is 47.2 Å². The maximum atomic E-state index is 5.90. The zero-order valence-corrected chi connectivity index (χ0v) is 15.0. The van der Waals surface area contributed by atoms with E-state index in [-0.39, 0.29) is 0 Å². The minimum atomic E-state index is 0.418. The molecule has 0 saturated carbocycles. The highest BCUT2D eigenvalue weighted by atomic mass is 79.9. The molecule has 0 bridgehead atoms. The van der Waals surface area contributed by atoms with Gasteiger partial charge in [0.2, 0.25) is 0 Å². The third-order valence-corrected chi connectivity index (χ3v) is 4.66. The second kappa shape index (κ2) is 8.79. The number of benzene rings is 1. The first kappa shape index (κ1) is 16.8. The Labute approximate surface area is 137 Å². The highest BCUT2D eigenvalue weighted by Gasteiger charge is 2.22. The molecule has 1 unspecified atom stereocenters. The van der Waals surface area contributed by atoms with Crippen molar-refractivity contribution in [3.8, 4) is 5.75 Å². The van der Waals surface area contributed by atoms with Gasteiger partial charge in [-0.15, -0.1) is 0 Å². The molecule has 1 aromatic carbocycles. The molecule has 3 heteroatoms. The minimum absolute atomic E-state index is 0.418. The molecule has 0 amide bonds. The summed E-state index contributed by atoms with van der Waals surface area (Å²) in [5.74, 6) is 1.14. The van der Waals surface area contributed by atoms with Crippen molar-refractivity contribution >= 4 is 15.9 Å². The number of rotatable bonds is 9. The molecule has 21 heavy (non-hydrogen) atoms. The van der Waals surface area contributed by atoms with Crippen LogP contribution in [0.3, 0.4) is 0 Å². The summed E-state index contributed by atoms with van der Waals surface area (Å²) in [5, 5.41) is 3.65. The van der Waals surface area contributed by atoms with Gasteiger partial charge in [-0.25, -0.2) is 0 Å². The van der Waals surface area contributed by atoms with E-state index in [4.69, 9.17) is 4.74 Å². The van der Waals surface area contributed by atoms with Gasteiger partial charge in [0.1, 0.15) is 5.75 Å². The molecule has 118 valence electrons. The van der Waals surface area contributed by atoms with Crippen LogP contribution in [0.1, 0.15) is 69.5 Å². The fourth-order valence-corrected chi connectivity index (χ4v) is 3.65. The smallest absolute Gasteiger partial charge is 0.127 e. The van der Waals surface area contributed by atoms with Gasteiger partial charge in [0.05, 0.1) is 6.61 Å². The van der Waals surface area contributed by atoms with Gasteiger partial charge in [-0.05, 0) is 30.7 Å². The van der Waals surface area contributed by atoms with Crippen LogP contribution in [0, 0.1) is 0 Å². The second-order valence-corrected chi connectivity index (χ2v) is 6.81. The molecule has 1 aliphatic rings. The quantitative estimate of drug-likeness (QED) is 0.600. The fraction of sp³-hybridized carbons (Fsp3) is 0.667. The Kier molecular flexibility index (Phi) is 7.05. The van der Waals surface area contributed by atoms with E-state index in [0.717, 1.165) is 25.3 Å². The third kappa shape index (κ3) is 4.72. The van der Waals surface area contributed by atoms with Gasteiger partial charge in [0, 0.05) is 22.5 Å². The number of fused-ring (bicyclic) bond motifs is 1. The maximum absolute atomic E-state index is 5.90. The SMILES string of the molecule is CCCCCCCC(NCC)c1cc(Br)cc2c1OCC2. The van der Waals surface area contributed by atoms with Crippen molar-refractivity contribution in [1.82, 2.24) is 5.32 Å². The number of unbranched alkanes of at least 4 members (excludes halogenated alkanes) is 4. The Morgan fingerprint density at radius 1 is 1.19 bits per heavy atom. The standard InChI is InChI=1S/C18H28BrNO/c1-3-5-6-7-8-9-17(20-4-2)16-13-15(19)12-14-10-11-21-18(14)16/h12-13,17,20H,3-11H2,1-2H3. The monoisotopic (exact) mass is 353 g/mol. The average molecular weight is 354 g/mol. The van der Waals surface area contributed by atoms with Gasteiger partial charge < -0.3 is 10.1 Å². The van der Waals surface area contributed by atoms with E-state index in [0.29, 0.717) is 6.04 Å². The number of hydrogen-bond donors (Lipinski definition) is 1. The van der Waals surface area contributed by atoms with E-state index in [1.54, 1.807) is 0 Å². The van der Waals surface area contributed by atoms with Crippen molar-refractivity contribution in [2.45, 2.75) is 64.8 Å². The molecule has 0 spiro atoms. The molecule has 1 atom stereocenters. The second-order valence-electron chi connectivity index (χ2n) is 5.89. The number of hydrogen-bond acceptors (Lipinski definition) is 2. The van der Waals surface area contributed by atoms with Crippen LogP contribution in [-0.4, -0.2) is 13.2 Å². The molecular weight excluding hydrogens is 326 g/mol. The van der Waals surface area contributed by atoms with Gasteiger partial charge in [-0.2, -0.15) is 0 Å². The Balaban J connectivity index is 2.04. The molecule has 0 saturated heterocycles. The van der Waals surface area contributed by atoms with E-state index in [1.165, 1.54) is 54.1 Å². The van der Waals surface area contributed by atoms with Crippen LogP contribution in [-0.2, 0) is 6.42 Å². The third-order valence-electron chi connectivity index (χ3n) is 4.20. The summed E-state index contributed by atoms with van der Waals surface area (Å²) in [6.45, 7) is 6.28. The molecule has 1 N–H and O–H groups in total. The molecule has 2 nitrogen and oxygen atoms in total. The Hall–Kier alpha value is -0.540. The Morgan fingerprint density at radius 2 is 2.00 bits per heavy atom. The summed E-state index contributed by atoms with van der Waals surface area (Å²) in [7, 11) is 0. The maximum Gasteiger partial charge on any atom is 0.127 e. The first-order chi connectivity index (χ1) is 10.3. The predicted octanol–water partition coefficient (Wildman–Crippen LogP) is 5.40. The minimum Gasteiger partial charge on any atom is -0.493 e. The highest BCUT2D eigenvalue weighted by molar-refractivity contribution is 9.10. The lowest BCUT2D eigenvalue weighted by Crippen LogP contribution is -2.21. The molecular formula is C18H28BrNO. The van der Waals surface area contributed by atoms with Crippen LogP contribution < -0.4 is 10.1 Å². The largest absolute Gasteiger partial charge is 0.493 e. The first-order valence-electron chi connectivity index (χ1n) is 8.44. The molecule has 2 rings (SSSR count). The fourth-order valence-electron chi connectivity index (χ4n) is 3.12. The topological polar surface area (TPSA) is 21.3 Å². The molecule has 0 radical (unpaired) electrons. The predicted molar refractivity (Wildman–Crippen MR) is 93.1 cm³/mol. The summed E-state index contributed by atoms with van der Waals surface area (Å²) in [6, 6.07) is 4.86. The van der Waals surface area contributed by atoms with Crippen LogP contribution in [0.4, 0.5) is 0 Å². The van der Waals surface area contributed by atoms with E-state index in [9.17, 15) is 0 Å². The summed E-state index contributed by atoms with van der Waals surface area (Å²) < 4.78 is 7.07. The number of ether oxygens (including phenoxy) is 1. The van der Waals surface area contributed by atoms with E-state index < -0.39 is 0 Å². The van der Waals surface area contributed by atoms with Crippen molar-refractivity contribution in [3.05, 3.63) is 27.7 Å². The lowest BCUT2D eigenvalue weighted by molar-refractivity contribution is 0.346. The van der Waals surface area contributed by atoms with Crippen LogP contribution >= 0.6 is 15.9 Å². The molecule has 1 heterocycles. The summed E-state index contributed by atoms with van der Waals surface area (Å²) in [5.41, 5.74) is 2.70. The van der Waals surface area contributed by atoms with Gasteiger partial charge in [-0.3, -0.25) is 0 Å². The van der Waals surface area contributed by atoms with Crippen LogP contribution in [0.2, 0.25) is 0 Å². The van der Waals surface area contributed by atoms with Crippen LogP contribution in [0.25, 0.3) is 0 Å². The zero-order chi connectivity index (χ0) is 15.1. The number of nitrogens with one attached hydrogen (secondary N) is 1. The lowest BCUT2D eigenvalue weighted by Gasteiger charge is -2.21. The highest BCUT2D eigenvalue weighted by Crippen LogP contribution is 2.38. The van der Waals surface area contributed by atoms with E-state index >= 15 is 0 Å². The Bertz CT molecular complexity index is 447. The van der Waals surface area contributed by atoms with Crippen molar-refractivity contribution < 1.29 is 4.74 Å². The summed E-state index contributed by atoms with van der Waals surface area (Å²) >= 11 is 3.65. The lowest BCUT2D eigenvalue weighted by atomic mass is 9.96. The summed E-state index contributed by atoms with van der Waals surface area (Å²) in [6.07, 6.45) is 8.90. The van der Waals surface area contributed by atoms with Gasteiger partial charge in [0.15, 0.2) is 0 Å². The molecule has 0 fully saturated rings. The molecule has 0 aliphatic carbocycles. The van der Waals surface area contributed by atoms with Crippen LogP contribution in [0.15, 0.2) is 16.6 Å². The summed E-state index contributed by atoms with van der Waals surface area (Å²) in [4.78, 5) is 0. The molecule has 1 aliphatic heterocycles. The average Bonchev–Trinajstić information content (AvgIpc) is 2.93. The first-order valence-corrected chi connectivity index (χ1v) is 9.24. The van der Waals surface area contributed by atoms with Crippen molar-refractivity contribution in [2.75, 3.05) is 13.2 Å². The Morgan fingerprint density at radius 3 is 2.76 bits per heavy atom. The van der Waals surface area contributed by atoms with Gasteiger partial charge in [0.25, 0.3) is 0 Å². The normalized spacial score (nSPS) is 14.8. The zero-order valence-electron chi connectivity index (χ0n) is 13.4. The van der Waals surface area contributed by atoms with Crippen LogP contribution in [0.5, 0.6) is 5.75 Å². The van der Waals surface area contributed by atoms with Crippen molar-refractivity contribution in [2.24, 2.45) is 0 Å². The van der Waals surface area contributed by atoms with Gasteiger partial charge in [-0.1, -0.05) is 61.9 Å². The number of halogens is 1. The van der Waals surface area contributed by atoms with Crippen molar-refractivity contribution in [1.29, 1.82) is 0 Å². The molecule has 1 aromatic rings. The molecule has 0 aromatic heterocycles. The van der Waals surface area contributed by atoms with Gasteiger partial charge >= 0.3 is 0 Å². The van der Waals surface area contributed by atoms with E-state index in [1.807, 2.05) is 0 Å². The van der Waals surface area contributed by atoms with Crippen molar-refractivity contribution in [3.63, 3.8) is 0 Å².